The van der Waals surface area contributed by atoms with Crippen molar-refractivity contribution in [2.24, 2.45) is 5.92 Å². The van der Waals surface area contributed by atoms with Gasteiger partial charge in [0, 0.05) is 6.42 Å². The Morgan fingerprint density at radius 3 is 1.60 bits per heavy atom. The Morgan fingerprint density at radius 2 is 1.27 bits per heavy atom. The van der Waals surface area contributed by atoms with Gasteiger partial charge in [0.05, 0.1) is 5.71 Å². The van der Waals surface area contributed by atoms with Gasteiger partial charge in [-0.05, 0) is 39.2 Å². The van der Waals surface area contributed by atoms with Crippen LogP contribution in [0.15, 0.2) is 12.2 Å². The van der Waals surface area contributed by atoms with Gasteiger partial charge in [-0.15, -0.1) is 0 Å². The summed E-state index contributed by atoms with van der Waals surface area (Å²) in [6, 6.07) is 0. The van der Waals surface area contributed by atoms with E-state index in [9.17, 15) is 4.79 Å². The minimum absolute atomic E-state index is 0. The van der Waals surface area contributed by atoms with Gasteiger partial charge in [0.15, 0.2) is 0 Å². The van der Waals surface area contributed by atoms with Gasteiger partial charge in [-0.2, -0.15) is 0 Å². The van der Waals surface area contributed by atoms with Crippen LogP contribution in [0.3, 0.4) is 0 Å². The smallest absolute Gasteiger partial charge is 0.807 e. The molecule has 0 fully saturated rings. The number of aliphatic carboxylic acids is 1. The summed E-state index contributed by atoms with van der Waals surface area (Å²) in [5.74, 6) is 0.235. The number of carboxylic acids is 1. The van der Waals surface area contributed by atoms with Crippen molar-refractivity contribution in [3.8, 4) is 0 Å². The molecule has 0 aromatic rings. The average Bonchev–Trinajstić information content (AvgIpc) is 3.08. The number of hydrogen-bond acceptors (Lipinski definition) is 6. The van der Waals surface area contributed by atoms with E-state index in [1.54, 1.807) is 0 Å². The van der Waals surface area contributed by atoms with Gasteiger partial charge in [-0.3, -0.25) is 4.79 Å². The van der Waals surface area contributed by atoms with E-state index in [0.717, 1.165) is 18.8 Å². The minimum atomic E-state index is -5.43. The summed E-state index contributed by atoms with van der Waals surface area (Å²) in [7, 11) is -5.43. The average molecular weight is 472 g/mol. The fraction of sp³-hybridized carbons (Fsp3) is 0.789. The van der Waals surface area contributed by atoms with Gasteiger partial charge in [-0.1, -0.05) is 69.9 Å². The molecule has 0 radical (unpaired) electrons. The first-order valence-electron chi connectivity index (χ1n) is 9.85. The Kier molecular flexibility index (Phi) is 33.1. The molecule has 11 heteroatoms. The van der Waals surface area contributed by atoms with Gasteiger partial charge in [0.25, 0.3) is 0 Å². The number of allylic oxidation sites excluding steroid dienone is 2. The fourth-order valence-electron chi connectivity index (χ4n) is 3.03. The standard InChI is InChI=1S/C18H32O2.CH3O5P.3Na/c19-18(20)16-10-8-6-4-2-1-3-5-7-9-13-17-14-11-12-15-17;2-1(3)7(4,5)6;;;/h11,14,17H,1-10,12-13,15-16H2,(H,19,20);(H,2,3)(H2,4,5,6);;;/q;;3*+1/p-3. The van der Waals surface area contributed by atoms with Crippen LogP contribution in [0.2, 0.25) is 0 Å². The Balaban J connectivity index is -0.000000294. The Labute approximate surface area is 247 Å². The van der Waals surface area contributed by atoms with Crippen LogP contribution in [0.4, 0.5) is 4.79 Å². The van der Waals surface area contributed by atoms with E-state index >= 15 is 0 Å². The van der Waals surface area contributed by atoms with Crippen LogP contribution < -0.4 is 104 Å². The number of carbonyl (C=O) groups excluding carboxylic acids is 1. The molecule has 0 saturated carbocycles. The topological polar surface area (TPSA) is 141 Å². The third kappa shape index (κ3) is 27.9. The van der Waals surface area contributed by atoms with Crippen molar-refractivity contribution in [2.75, 3.05) is 0 Å². The second kappa shape index (κ2) is 25.5. The SMILES string of the molecule is O=C(O)CCCCCCCCCCCCC1C=CCC1.O=C([O-])P(=O)([O-])[O-].[Na+].[Na+].[Na+]. The van der Waals surface area contributed by atoms with E-state index in [-0.39, 0.29) is 88.7 Å². The van der Waals surface area contributed by atoms with Gasteiger partial charge in [0.2, 0.25) is 0 Å². The first-order chi connectivity index (χ1) is 12.7. The van der Waals surface area contributed by atoms with E-state index < -0.39 is 19.3 Å². The van der Waals surface area contributed by atoms with Crippen molar-refractivity contribution in [1.29, 1.82) is 0 Å². The van der Waals surface area contributed by atoms with Crippen LogP contribution in [0.5, 0.6) is 0 Å². The molecule has 0 aliphatic heterocycles. The van der Waals surface area contributed by atoms with E-state index in [0.29, 0.717) is 6.42 Å². The maximum atomic E-state index is 10.3. The first kappa shape index (κ1) is 39.1. The molecule has 1 atom stereocenters. The predicted octanol–water partition coefficient (Wildman–Crippen LogP) is -6.03. The van der Waals surface area contributed by atoms with Crippen LogP contribution in [-0.2, 0) is 9.36 Å². The molecule has 0 heterocycles. The molecule has 1 aliphatic carbocycles. The third-order valence-electron chi connectivity index (χ3n) is 4.55. The van der Waals surface area contributed by atoms with E-state index in [2.05, 4.69) is 12.2 Å². The molecular weight excluding hydrogens is 440 g/mol. The molecule has 30 heavy (non-hydrogen) atoms. The molecule has 0 bridgehead atoms. The zero-order valence-electron chi connectivity index (χ0n) is 19.0. The van der Waals surface area contributed by atoms with Crippen LogP contribution >= 0.6 is 7.60 Å². The molecule has 0 saturated heterocycles. The quantitative estimate of drug-likeness (QED) is 0.115. The number of carbonyl (C=O) groups is 2. The van der Waals surface area contributed by atoms with Crippen LogP contribution in [0.25, 0.3) is 0 Å². The molecule has 158 valence electrons. The van der Waals surface area contributed by atoms with Crippen LogP contribution in [-0.4, -0.2) is 16.8 Å². The maximum Gasteiger partial charge on any atom is 1.00 e. The fourth-order valence-corrected chi connectivity index (χ4v) is 3.03. The summed E-state index contributed by atoms with van der Waals surface area (Å²) in [5, 5.41) is 17.5. The summed E-state index contributed by atoms with van der Waals surface area (Å²) in [6.07, 6.45) is 21.9. The van der Waals surface area contributed by atoms with Crippen molar-refractivity contribution in [2.45, 2.75) is 89.9 Å². The Morgan fingerprint density at radius 1 is 0.867 bits per heavy atom. The molecule has 7 nitrogen and oxygen atoms in total. The third-order valence-corrected chi connectivity index (χ3v) is 5.00. The first-order valence-corrected chi connectivity index (χ1v) is 11.4. The summed E-state index contributed by atoms with van der Waals surface area (Å²) in [6.45, 7) is 0. The zero-order valence-corrected chi connectivity index (χ0v) is 25.9. The molecule has 1 N–H and O–H groups in total. The van der Waals surface area contributed by atoms with Gasteiger partial charge >= 0.3 is 94.6 Å². The maximum absolute atomic E-state index is 10.3. The molecule has 1 aliphatic rings. The Bertz CT molecular complexity index is 499. The van der Waals surface area contributed by atoms with E-state index in [1.165, 1.54) is 70.6 Å². The molecule has 0 amide bonds. The molecule has 0 spiro atoms. The van der Waals surface area contributed by atoms with E-state index in [4.69, 9.17) is 29.4 Å². The van der Waals surface area contributed by atoms with Crippen molar-refractivity contribution in [1.82, 2.24) is 0 Å². The van der Waals surface area contributed by atoms with Crippen LogP contribution in [0, 0.1) is 5.92 Å². The monoisotopic (exact) mass is 472 g/mol. The number of unbranched alkanes of at least 4 members (excludes halogenated alkanes) is 9. The van der Waals surface area contributed by atoms with Gasteiger partial charge in [-0.25, -0.2) is 0 Å². The van der Waals surface area contributed by atoms with Crippen molar-refractivity contribution in [3.63, 3.8) is 0 Å². The number of carboxylic acid groups (broad SMARTS) is 2. The summed E-state index contributed by atoms with van der Waals surface area (Å²) in [5.41, 5.74) is -2.56. The predicted molar refractivity (Wildman–Crippen MR) is 97.9 cm³/mol. The van der Waals surface area contributed by atoms with Crippen molar-refractivity contribution < 1.29 is 123 Å². The zero-order chi connectivity index (χ0) is 20.5. The van der Waals surface area contributed by atoms with Crippen LogP contribution in [0.1, 0.15) is 89.9 Å². The normalized spacial score (nSPS) is 14.4. The molecule has 1 rings (SSSR count). The second-order valence-corrected chi connectivity index (χ2v) is 8.36. The number of rotatable bonds is 14. The van der Waals surface area contributed by atoms with Crippen molar-refractivity contribution in [3.05, 3.63) is 12.2 Å². The Hall–Kier alpha value is 1.83. The second-order valence-electron chi connectivity index (χ2n) is 7.00. The molecule has 1 unspecified atom stereocenters. The van der Waals surface area contributed by atoms with E-state index in [1.807, 2.05) is 0 Å². The van der Waals surface area contributed by atoms with Gasteiger partial charge < -0.3 is 29.4 Å². The largest absolute Gasteiger partial charge is 1.00 e. The van der Waals surface area contributed by atoms with Crippen molar-refractivity contribution >= 4 is 19.3 Å². The van der Waals surface area contributed by atoms with Gasteiger partial charge in [0.1, 0.15) is 0 Å². The summed E-state index contributed by atoms with van der Waals surface area (Å²) < 4.78 is 9.14. The minimum Gasteiger partial charge on any atom is -0.807 e. The molecule has 0 aromatic heterocycles. The summed E-state index contributed by atoms with van der Waals surface area (Å²) in [4.78, 5) is 37.6. The summed E-state index contributed by atoms with van der Waals surface area (Å²) >= 11 is 0. The molecular formula is C19H32Na3O7P. The number of hydrogen-bond donors (Lipinski definition) is 1. The molecule has 0 aromatic carbocycles.